The highest BCUT2D eigenvalue weighted by Gasteiger charge is 2.32. The molecule has 0 aliphatic heterocycles. The maximum atomic E-state index is 13.7. The minimum absolute atomic E-state index is 0.0933. The molecule has 0 radical (unpaired) electrons. The second-order valence-corrected chi connectivity index (χ2v) is 8.56. The molecule has 1 aromatic carbocycles. The molecule has 0 nitrogen and oxygen atoms in total. The van der Waals surface area contributed by atoms with Gasteiger partial charge in [0, 0.05) is 12.0 Å². The zero-order valence-corrected chi connectivity index (χ0v) is 16.7. The van der Waals surface area contributed by atoms with Crippen molar-refractivity contribution < 1.29 is 8.78 Å². The summed E-state index contributed by atoms with van der Waals surface area (Å²) in [6, 6.07) is 3.98. The van der Waals surface area contributed by atoms with Crippen molar-refractivity contribution in [3.8, 4) is 0 Å². The van der Waals surface area contributed by atoms with Gasteiger partial charge in [0.1, 0.15) is 11.6 Å². The van der Waals surface area contributed by atoms with Crippen LogP contribution in [0.5, 0.6) is 0 Å². The fourth-order valence-corrected chi connectivity index (χ4v) is 5.07. The topological polar surface area (TPSA) is 0 Å². The van der Waals surface area contributed by atoms with Crippen LogP contribution < -0.4 is 0 Å². The maximum absolute atomic E-state index is 13.7. The van der Waals surface area contributed by atoms with E-state index in [0.717, 1.165) is 17.5 Å². The van der Waals surface area contributed by atoms with Gasteiger partial charge in [-0.2, -0.15) is 0 Å². The van der Waals surface area contributed by atoms with Crippen LogP contribution in [-0.2, 0) is 0 Å². The predicted molar refractivity (Wildman–Crippen MR) is 110 cm³/mol. The zero-order valence-electron chi connectivity index (χ0n) is 16.7. The van der Waals surface area contributed by atoms with E-state index in [0.29, 0.717) is 11.8 Å². The first kappa shape index (κ1) is 20.3. The quantitative estimate of drug-likeness (QED) is 0.406. The van der Waals surface area contributed by atoms with Crippen molar-refractivity contribution in [3.63, 3.8) is 0 Å². The zero-order chi connectivity index (χ0) is 19.1. The third kappa shape index (κ3) is 5.77. The van der Waals surface area contributed by atoms with Crippen molar-refractivity contribution in [2.75, 3.05) is 0 Å². The fraction of sp³-hybridized carbons (Fsp3) is 0.600. The largest absolute Gasteiger partial charge is 0.207 e. The molecule has 27 heavy (non-hydrogen) atoms. The first-order valence-corrected chi connectivity index (χ1v) is 11.0. The molecule has 1 fully saturated rings. The van der Waals surface area contributed by atoms with Crippen LogP contribution in [0.2, 0.25) is 0 Å². The van der Waals surface area contributed by atoms with Gasteiger partial charge in [-0.1, -0.05) is 82.6 Å². The molecular weight excluding hydrogens is 338 g/mol. The molecular formula is C25H34F2. The SMILES string of the molecule is CCCCCCC[C@H]1CC[C@H](C2C=CC=CC2c2cc(F)cc(F)c2)CC1. The van der Waals surface area contributed by atoms with E-state index in [1.54, 1.807) is 0 Å². The third-order valence-electron chi connectivity index (χ3n) is 6.60. The molecule has 0 heterocycles. The van der Waals surface area contributed by atoms with Crippen molar-refractivity contribution in [2.45, 2.75) is 77.0 Å². The molecule has 2 unspecified atom stereocenters. The summed E-state index contributed by atoms with van der Waals surface area (Å²) < 4.78 is 27.4. The highest BCUT2D eigenvalue weighted by atomic mass is 19.1. The Bertz CT molecular complexity index is 617. The number of unbranched alkanes of at least 4 members (excludes halogenated alkanes) is 4. The molecule has 0 N–H and O–H groups in total. The van der Waals surface area contributed by atoms with Gasteiger partial charge in [0.2, 0.25) is 0 Å². The lowest BCUT2D eigenvalue weighted by atomic mass is 9.68. The highest BCUT2D eigenvalue weighted by Crippen LogP contribution is 2.43. The van der Waals surface area contributed by atoms with E-state index in [9.17, 15) is 8.78 Å². The number of rotatable bonds is 8. The standard InChI is InChI=1S/C25H34F2/c1-2-3-4-5-6-9-19-12-14-20(15-13-19)24-10-7-8-11-25(24)21-16-22(26)18-23(27)17-21/h7-8,10-11,16-20,24-25H,2-6,9,12-15H2,1H3/t19-,20-,24?,25?. The van der Waals surface area contributed by atoms with E-state index in [4.69, 9.17) is 0 Å². The van der Waals surface area contributed by atoms with Crippen LogP contribution in [0.15, 0.2) is 42.5 Å². The van der Waals surface area contributed by atoms with Crippen molar-refractivity contribution in [1.29, 1.82) is 0 Å². The molecule has 1 aromatic rings. The predicted octanol–water partition coefficient (Wildman–Crippen LogP) is 7.96. The summed E-state index contributed by atoms with van der Waals surface area (Å²) in [5.74, 6) is 1.02. The summed E-state index contributed by atoms with van der Waals surface area (Å²) in [5, 5.41) is 0. The van der Waals surface area contributed by atoms with E-state index in [-0.39, 0.29) is 5.92 Å². The second kappa shape index (κ2) is 10.2. The minimum atomic E-state index is -0.474. The molecule has 3 rings (SSSR count). The normalized spacial score (nSPS) is 27.8. The van der Waals surface area contributed by atoms with E-state index in [1.165, 1.54) is 76.3 Å². The van der Waals surface area contributed by atoms with Gasteiger partial charge in [-0.05, 0) is 48.3 Å². The molecule has 1 saturated carbocycles. The fourth-order valence-electron chi connectivity index (χ4n) is 5.07. The van der Waals surface area contributed by atoms with Crippen molar-refractivity contribution >= 4 is 0 Å². The third-order valence-corrected chi connectivity index (χ3v) is 6.60. The Hall–Kier alpha value is -1.44. The summed E-state index contributed by atoms with van der Waals surface area (Å²) in [5.41, 5.74) is 0.774. The van der Waals surface area contributed by atoms with Gasteiger partial charge in [-0.3, -0.25) is 0 Å². The average molecular weight is 373 g/mol. The molecule has 0 aromatic heterocycles. The summed E-state index contributed by atoms with van der Waals surface area (Å²) in [6.07, 6.45) is 21.9. The lowest BCUT2D eigenvalue weighted by Crippen LogP contribution is -2.25. The van der Waals surface area contributed by atoms with Gasteiger partial charge in [0.05, 0.1) is 0 Å². The van der Waals surface area contributed by atoms with Crippen molar-refractivity contribution in [1.82, 2.24) is 0 Å². The van der Waals surface area contributed by atoms with Gasteiger partial charge in [0.25, 0.3) is 0 Å². The number of benzene rings is 1. The average Bonchev–Trinajstić information content (AvgIpc) is 2.68. The van der Waals surface area contributed by atoms with Gasteiger partial charge in [0.15, 0.2) is 0 Å². The van der Waals surface area contributed by atoms with Gasteiger partial charge in [-0.25, -0.2) is 8.78 Å². The molecule has 0 amide bonds. The Kier molecular flexibility index (Phi) is 7.67. The van der Waals surface area contributed by atoms with Crippen LogP contribution in [0.25, 0.3) is 0 Å². The Morgan fingerprint density at radius 3 is 2.19 bits per heavy atom. The van der Waals surface area contributed by atoms with E-state index >= 15 is 0 Å². The van der Waals surface area contributed by atoms with Crippen LogP contribution in [0.1, 0.15) is 82.6 Å². The van der Waals surface area contributed by atoms with Crippen LogP contribution in [-0.4, -0.2) is 0 Å². The molecule has 2 aliphatic carbocycles. The molecule has 2 atom stereocenters. The molecule has 2 heteroatoms. The molecule has 0 saturated heterocycles. The number of hydrogen-bond donors (Lipinski definition) is 0. The summed E-state index contributed by atoms with van der Waals surface area (Å²) in [6.45, 7) is 2.27. The lowest BCUT2D eigenvalue weighted by Gasteiger charge is -2.37. The van der Waals surface area contributed by atoms with E-state index < -0.39 is 11.6 Å². The molecule has 148 valence electrons. The maximum Gasteiger partial charge on any atom is 0.126 e. The number of allylic oxidation sites excluding steroid dienone is 4. The molecule has 0 spiro atoms. The Labute approximate surface area is 163 Å². The summed E-state index contributed by atoms with van der Waals surface area (Å²) in [7, 11) is 0. The van der Waals surface area contributed by atoms with Crippen molar-refractivity contribution in [3.05, 3.63) is 59.7 Å². The van der Waals surface area contributed by atoms with Gasteiger partial charge in [-0.15, -0.1) is 0 Å². The highest BCUT2D eigenvalue weighted by molar-refractivity contribution is 5.32. The number of halogens is 2. The minimum Gasteiger partial charge on any atom is -0.207 e. The van der Waals surface area contributed by atoms with Gasteiger partial charge >= 0.3 is 0 Å². The van der Waals surface area contributed by atoms with E-state index in [2.05, 4.69) is 25.2 Å². The number of hydrogen-bond acceptors (Lipinski definition) is 0. The Balaban J connectivity index is 1.54. The second-order valence-electron chi connectivity index (χ2n) is 8.56. The molecule has 0 bridgehead atoms. The summed E-state index contributed by atoms with van der Waals surface area (Å²) >= 11 is 0. The first-order chi connectivity index (χ1) is 13.2. The van der Waals surface area contributed by atoms with Crippen LogP contribution in [0.3, 0.4) is 0 Å². The van der Waals surface area contributed by atoms with Crippen LogP contribution >= 0.6 is 0 Å². The van der Waals surface area contributed by atoms with E-state index in [1.807, 2.05) is 6.08 Å². The van der Waals surface area contributed by atoms with Crippen molar-refractivity contribution in [2.24, 2.45) is 17.8 Å². The summed E-state index contributed by atoms with van der Waals surface area (Å²) in [4.78, 5) is 0. The Morgan fingerprint density at radius 1 is 0.815 bits per heavy atom. The monoisotopic (exact) mass is 372 g/mol. The Morgan fingerprint density at radius 2 is 1.48 bits per heavy atom. The smallest absolute Gasteiger partial charge is 0.126 e. The van der Waals surface area contributed by atoms with Crippen LogP contribution in [0.4, 0.5) is 8.78 Å². The molecule has 2 aliphatic rings. The van der Waals surface area contributed by atoms with Gasteiger partial charge < -0.3 is 0 Å². The van der Waals surface area contributed by atoms with Crippen LogP contribution in [0, 0.1) is 29.4 Å². The first-order valence-electron chi connectivity index (χ1n) is 11.0. The lowest BCUT2D eigenvalue weighted by molar-refractivity contribution is 0.209.